The van der Waals surface area contributed by atoms with Gasteiger partial charge in [-0.3, -0.25) is 15.1 Å². The average Bonchev–Trinajstić information content (AvgIpc) is 3.17. The lowest BCUT2D eigenvalue weighted by Gasteiger charge is -2.28. The number of primary sulfonamides is 1. The Morgan fingerprint density at radius 2 is 2.03 bits per heavy atom. The van der Waals surface area contributed by atoms with Crippen molar-refractivity contribution >= 4 is 22.0 Å². The number of hydrogen-bond donors (Lipinski definition) is 3. The Bertz CT molecular complexity index is 1100. The number of pyridine rings is 1. The van der Waals surface area contributed by atoms with Gasteiger partial charge in [-0.25, -0.2) is 22.7 Å². The Balaban J connectivity index is 1.75. The van der Waals surface area contributed by atoms with Crippen LogP contribution in [0.4, 0.5) is 9.18 Å². The van der Waals surface area contributed by atoms with Crippen LogP contribution in [0.1, 0.15) is 24.8 Å². The smallest absolute Gasteiger partial charge is 0.322 e. The number of imide groups is 1. The van der Waals surface area contributed by atoms with Crippen molar-refractivity contribution in [1.29, 1.82) is 0 Å². The maximum atomic E-state index is 13.2. The number of carbonyl (C=O) groups is 2. The molecule has 2 heterocycles. The molecular weight excluding hydrogens is 399 g/mol. The number of carbonyl (C=O) groups excluding carboxylic acids is 2. The number of benzene rings is 1. The maximum absolute atomic E-state index is 13.2. The molecule has 1 spiro atoms. The van der Waals surface area contributed by atoms with Gasteiger partial charge < -0.3 is 5.32 Å². The second-order valence-electron chi connectivity index (χ2n) is 7.40. The van der Waals surface area contributed by atoms with E-state index in [9.17, 15) is 22.4 Å². The van der Waals surface area contributed by atoms with E-state index in [1.807, 2.05) is 0 Å². The van der Waals surface area contributed by atoms with Gasteiger partial charge in [-0.05, 0) is 55.0 Å². The van der Waals surface area contributed by atoms with Gasteiger partial charge in [0.1, 0.15) is 11.4 Å². The number of nitrogens with two attached hydrogens (primary N) is 1. The van der Waals surface area contributed by atoms with Crippen LogP contribution >= 0.6 is 0 Å². The fraction of sp³-hybridized carbons (Fsp3) is 0.316. The molecule has 10 heteroatoms. The lowest BCUT2D eigenvalue weighted by Crippen LogP contribution is -2.50. The largest absolute Gasteiger partial charge is 0.323 e. The van der Waals surface area contributed by atoms with Crippen LogP contribution in [0.2, 0.25) is 0 Å². The summed E-state index contributed by atoms with van der Waals surface area (Å²) in [5, 5.41) is 10.4. The predicted molar refractivity (Wildman–Crippen MR) is 101 cm³/mol. The second kappa shape index (κ2) is 6.89. The summed E-state index contributed by atoms with van der Waals surface area (Å²) in [6.07, 6.45) is 3.17. The fourth-order valence-corrected chi connectivity index (χ4v) is 5.08. The first-order chi connectivity index (χ1) is 13.7. The van der Waals surface area contributed by atoms with Gasteiger partial charge in [-0.15, -0.1) is 0 Å². The summed E-state index contributed by atoms with van der Waals surface area (Å²) in [6.45, 7) is 0. The quantitative estimate of drug-likeness (QED) is 0.647. The minimum absolute atomic E-state index is 0.0462. The third-order valence-corrected chi connectivity index (χ3v) is 6.66. The molecule has 0 bridgehead atoms. The molecule has 2 aromatic rings. The zero-order valence-electron chi connectivity index (χ0n) is 15.3. The van der Waals surface area contributed by atoms with E-state index in [2.05, 4.69) is 15.6 Å². The van der Waals surface area contributed by atoms with E-state index in [4.69, 9.17) is 5.14 Å². The van der Waals surface area contributed by atoms with Gasteiger partial charge >= 0.3 is 6.03 Å². The van der Waals surface area contributed by atoms with Crippen molar-refractivity contribution < 1.29 is 22.4 Å². The van der Waals surface area contributed by atoms with Gasteiger partial charge in [-0.2, -0.15) is 0 Å². The van der Waals surface area contributed by atoms with Crippen molar-refractivity contribution in [2.24, 2.45) is 11.1 Å². The molecule has 4 N–H and O–H groups in total. The molecule has 29 heavy (non-hydrogen) atoms. The Morgan fingerprint density at radius 3 is 2.66 bits per heavy atom. The minimum atomic E-state index is -4.01. The molecular formula is C19H19FN4O4S. The highest BCUT2D eigenvalue weighted by Gasteiger charge is 2.54. The van der Waals surface area contributed by atoms with Crippen molar-refractivity contribution in [3.8, 4) is 11.3 Å². The zero-order chi connectivity index (χ0) is 20.8. The number of sulfonamides is 1. The van der Waals surface area contributed by atoms with Gasteiger partial charge in [0.2, 0.25) is 10.0 Å². The number of rotatable bonds is 4. The predicted octanol–water partition coefficient (Wildman–Crippen LogP) is 1.46. The molecule has 1 saturated carbocycles. The first-order valence-corrected chi connectivity index (χ1v) is 10.6. The van der Waals surface area contributed by atoms with E-state index < -0.39 is 33.3 Å². The van der Waals surface area contributed by atoms with Crippen LogP contribution in [0.15, 0.2) is 41.4 Å². The molecule has 0 radical (unpaired) electrons. The molecule has 2 atom stereocenters. The van der Waals surface area contributed by atoms with Gasteiger partial charge in [0.15, 0.2) is 0 Å². The molecule has 3 amide bonds. The molecule has 1 saturated heterocycles. The summed E-state index contributed by atoms with van der Waals surface area (Å²) in [7, 11) is -4.01. The van der Waals surface area contributed by atoms with Gasteiger partial charge in [0.05, 0.1) is 16.8 Å². The van der Waals surface area contributed by atoms with Crippen molar-refractivity contribution in [1.82, 2.24) is 15.6 Å². The summed E-state index contributed by atoms with van der Waals surface area (Å²) >= 11 is 0. The summed E-state index contributed by atoms with van der Waals surface area (Å²) in [5.41, 5.74) is 0.453. The molecule has 2 fully saturated rings. The minimum Gasteiger partial charge on any atom is -0.323 e. The highest BCUT2D eigenvalue weighted by molar-refractivity contribution is 7.89. The number of aromatic nitrogens is 1. The Kier molecular flexibility index (Phi) is 4.62. The van der Waals surface area contributed by atoms with Crippen LogP contribution in [0.25, 0.3) is 11.3 Å². The summed E-state index contributed by atoms with van der Waals surface area (Å²) < 4.78 is 37.4. The normalized spacial score (nSPS) is 24.0. The Hall–Kier alpha value is -2.85. The van der Waals surface area contributed by atoms with Crippen LogP contribution in [0, 0.1) is 11.7 Å². The molecule has 8 nitrogen and oxygen atoms in total. The van der Waals surface area contributed by atoms with Crippen LogP contribution < -0.4 is 15.8 Å². The van der Waals surface area contributed by atoms with Crippen molar-refractivity contribution in [2.75, 3.05) is 0 Å². The first kappa shape index (κ1) is 19.5. The molecule has 1 aromatic carbocycles. The molecule has 4 rings (SSSR count). The van der Waals surface area contributed by atoms with Gasteiger partial charge in [0.25, 0.3) is 5.91 Å². The van der Waals surface area contributed by atoms with E-state index in [0.717, 1.165) is 12.6 Å². The average molecular weight is 418 g/mol. The van der Waals surface area contributed by atoms with Crippen molar-refractivity contribution in [3.63, 3.8) is 0 Å². The molecule has 1 aromatic heterocycles. The third-order valence-electron chi connectivity index (χ3n) is 5.65. The van der Waals surface area contributed by atoms with Gasteiger partial charge in [-0.1, -0.05) is 12.5 Å². The van der Waals surface area contributed by atoms with Crippen LogP contribution in [0.5, 0.6) is 0 Å². The summed E-state index contributed by atoms with van der Waals surface area (Å²) in [4.78, 5) is 28.1. The van der Waals surface area contributed by atoms with Crippen LogP contribution in [0.3, 0.4) is 0 Å². The third kappa shape index (κ3) is 3.49. The van der Waals surface area contributed by atoms with Crippen molar-refractivity contribution in [2.45, 2.75) is 36.1 Å². The van der Waals surface area contributed by atoms with E-state index in [0.29, 0.717) is 29.7 Å². The standard InChI is InChI=1S/C19H19FN4O4S/c20-14-4-5-15(22-10-14)11-3-6-16(29(21,27)28)12(8-11)9-13-2-1-7-19(13)17(25)23-18(26)24-19/h3-6,8,10,13H,1-2,7,9H2,(H2,21,27,28)(H2,23,24,25,26). The van der Waals surface area contributed by atoms with Crippen LogP contribution in [-0.4, -0.2) is 30.9 Å². The number of nitrogens with zero attached hydrogens (tertiary/aromatic N) is 1. The highest BCUT2D eigenvalue weighted by Crippen LogP contribution is 2.41. The molecule has 2 aliphatic rings. The lowest BCUT2D eigenvalue weighted by atomic mass is 9.82. The van der Waals surface area contributed by atoms with Crippen LogP contribution in [-0.2, 0) is 21.2 Å². The number of halogens is 1. The van der Waals surface area contributed by atoms with E-state index >= 15 is 0 Å². The summed E-state index contributed by atoms with van der Waals surface area (Å²) in [5.74, 6) is -1.16. The zero-order valence-corrected chi connectivity index (χ0v) is 16.1. The van der Waals surface area contributed by atoms with E-state index in [1.54, 1.807) is 12.1 Å². The SMILES string of the molecule is NS(=O)(=O)c1ccc(-c2ccc(F)cn2)cc1CC1CCCC12NC(=O)NC2=O. The van der Waals surface area contributed by atoms with E-state index in [-0.39, 0.29) is 17.2 Å². The van der Waals surface area contributed by atoms with Gasteiger partial charge in [0, 0.05) is 5.56 Å². The monoisotopic (exact) mass is 418 g/mol. The van der Waals surface area contributed by atoms with Crippen molar-refractivity contribution in [3.05, 3.63) is 47.9 Å². The molecule has 1 aliphatic carbocycles. The lowest BCUT2D eigenvalue weighted by molar-refractivity contribution is -0.125. The fourth-order valence-electron chi connectivity index (χ4n) is 4.31. The topological polar surface area (TPSA) is 131 Å². The molecule has 1 aliphatic heterocycles. The number of hydrogen-bond acceptors (Lipinski definition) is 5. The number of amides is 3. The Labute approximate surface area is 166 Å². The molecule has 152 valence electrons. The van der Waals surface area contributed by atoms with E-state index in [1.165, 1.54) is 18.2 Å². The Morgan fingerprint density at radius 1 is 1.24 bits per heavy atom. The summed E-state index contributed by atoms with van der Waals surface area (Å²) in [6, 6.07) is 6.79. The second-order valence-corrected chi connectivity index (χ2v) is 8.93. The number of nitrogens with one attached hydrogen (secondary N) is 2. The first-order valence-electron chi connectivity index (χ1n) is 9.10. The number of urea groups is 1. The highest BCUT2D eigenvalue weighted by atomic mass is 32.2. The maximum Gasteiger partial charge on any atom is 0.322 e. The molecule has 2 unspecified atom stereocenters.